The van der Waals surface area contributed by atoms with E-state index in [1.165, 1.54) is 7.11 Å². The number of methoxy groups -OCH3 is 1. The number of ether oxygens (including phenoxy) is 1. The first-order valence-corrected chi connectivity index (χ1v) is 3.69. The molecule has 0 amide bonds. The first-order valence-electron chi connectivity index (χ1n) is 3.69. The van der Waals surface area contributed by atoms with E-state index in [1.54, 1.807) is 0 Å². The predicted molar refractivity (Wildman–Crippen MR) is 41.1 cm³/mol. The van der Waals surface area contributed by atoms with Crippen LogP contribution in [0.4, 0.5) is 0 Å². The fourth-order valence-electron chi connectivity index (χ4n) is 0.636. The van der Waals surface area contributed by atoms with Crippen molar-refractivity contribution in [2.45, 2.75) is 26.7 Å². The highest BCUT2D eigenvalue weighted by Crippen LogP contribution is 2.03. The Bertz CT molecular complexity index is 149. The summed E-state index contributed by atoms with van der Waals surface area (Å²) in [5, 5.41) is 0. The quantitative estimate of drug-likeness (QED) is 0.455. The third-order valence-electron chi connectivity index (χ3n) is 1.36. The Kier molecular flexibility index (Phi) is 4.50. The molecule has 0 aromatic rings. The van der Waals surface area contributed by atoms with Gasteiger partial charge < -0.3 is 4.74 Å². The molecule has 0 bridgehead atoms. The molecule has 0 aromatic heterocycles. The van der Waals surface area contributed by atoms with Crippen LogP contribution in [-0.4, -0.2) is 18.9 Å². The number of hydrogen-bond donors (Lipinski definition) is 0. The van der Waals surface area contributed by atoms with Crippen LogP contribution in [0.5, 0.6) is 0 Å². The van der Waals surface area contributed by atoms with Gasteiger partial charge in [0, 0.05) is 6.42 Å². The molecule has 0 spiro atoms. The average molecular weight is 158 g/mol. The molecular formula is C8H14O3. The van der Waals surface area contributed by atoms with E-state index >= 15 is 0 Å². The molecule has 0 unspecified atom stereocenters. The SMILES string of the molecule is COC(=O)C(=O)CCC(C)C. The molecule has 0 aliphatic heterocycles. The Morgan fingerprint density at radius 1 is 1.36 bits per heavy atom. The summed E-state index contributed by atoms with van der Waals surface area (Å²) in [6, 6.07) is 0. The van der Waals surface area contributed by atoms with Crippen molar-refractivity contribution >= 4 is 11.8 Å². The van der Waals surface area contributed by atoms with Gasteiger partial charge in [0.25, 0.3) is 0 Å². The fraction of sp³-hybridized carbons (Fsp3) is 0.750. The topological polar surface area (TPSA) is 43.4 Å². The largest absolute Gasteiger partial charge is 0.463 e. The number of rotatable bonds is 4. The lowest BCUT2D eigenvalue weighted by molar-refractivity contribution is -0.151. The summed E-state index contributed by atoms with van der Waals surface area (Å²) >= 11 is 0. The van der Waals surface area contributed by atoms with Crippen LogP contribution in [0.25, 0.3) is 0 Å². The summed E-state index contributed by atoms with van der Waals surface area (Å²) in [6.07, 6.45) is 1.04. The molecule has 0 rings (SSSR count). The van der Waals surface area contributed by atoms with Gasteiger partial charge >= 0.3 is 5.97 Å². The molecule has 0 saturated heterocycles. The van der Waals surface area contributed by atoms with E-state index < -0.39 is 11.8 Å². The normalized spacial score (nSPS) is 9.82. The highest BCUT2D eigenvalue weighted by atomic mass is 16.5. The van der Waals surface area contributed by atoms with Gasteiger partial charge in [-0.25, -0.2) is 4.79 Å². The van der Waals surface area contributed by atoms with Crippen LogP contribution in [0.3, 0.4) is 0 Å². The molecule has 0 atom stereocenters. The second kappa shape index (κ2) is 4.88. The molecule has 0 radical (unpaired) electrons. The lowest BCUT2D eigenvalue weighted by Gasteiger charge is -2.01. The summed E-state index contributed by atoms with van der Waals surface area (Å²) in [6.45, 7) is 4.01. The summed E-state index contributed by atoms with van der Waals surface area (Å²) in [5.41, 5.74) is 0. The standard InChI is InChI=1S/C8H14O3/c1-6(2)4-5-7(9)8(10)11-3/h6H,4-5H2,1-3H3. The zero-order valence-corrected chi connectivity index (χ0v) is 7.22. The highest BCUT2D eigenvalue weighted by molar-refractivity contribution is 6.33. The van der Waals surface area contributed by atoms with E-state index in [-0.39, 0.29) is 0 Å². The molecule has 0 fully saturated rings. The highest BCUT2D eigenvalue weighted by Gasteiger charge is 2.13. The smallest absolute Gasteiger partial charge is 0.374 e. The number of carbonyl (C=O) groups is 2. The van der Waals surface area contributed by atoms with Crippen LogP contribution in [0.2, 0.25) is 0 Å². The monoisotopic (exact) mass is 158 g/mol. The van der Waals surface area contributed by atoms with Gasteiger partial charge in [0.05, 0.1) is 7.11 Å². The molecule has 0 heterocycles. The van der Waals surface area contributed by atoms with Crippen LogP contribution >= 0.6 is 0 Å². The zero-order chi connectivity index (χ0) is 8.85. The van der Waals surface area contributed by atoms with Crippen LogP contribution < -0.4 is 0 Å². The van der Waals surface area contributed by atoms with Crippen molar-refractivity contribution in [1.82, 2.24) is 0 Å². The maximum Gasteiger partial charge on any atom is 0.374 e. The van der Waals surface area contributed by atoms with Crippen LogP contribution in [0.1, 0.15) is 26.7 Å². The van der Waals surface area contributed by atoms with Crippen molar-refractivity contribution in [1.29, 1.82) is 0 Å². The first kappa shape index (κ1) is 10.1. The molecular weight excluding hydrogens is 144 g/mol. The fourth-order valence-corrected chi connectivity index (χ4v) is 0.636. The van der Waals surface area contributed by atoms with Crippen molar-refractivity contribution in [3.63, 3.8) is 0 Å². The van der Waals surface area contributed by atoms with E-state index in [9.17, 15) is 9.59 Å². The molecule has 64 valence electrons. The second-order valence-electron chi connectivity index (χ2n) is 2.85. The maximum absolute atomic E-state index is 10.8. The Labute approximate surface area is 66.7 Å². The number of carbonyl (C=O) groups excluding carboxylic acids is 2. The van der Waals surface area contributed by atoms with Crippen LogP contribution in [0.15, 0.2) is 0 Å². The molecule has 0 N–H and O–H groups in total. The van der Waals surface area contributed by atoms with Crippen molar-refractivity contribution in [3.05, 3.63) is 0 Å². The van der Waals surface area contributed by atoms with Gasteiger partial charge in [-0.05, 0) is 12.3 Å². The molecule has 0 aliphatic rings. The Hall–Kier alpha value is -0.860. The minimum absolute atomic E-state index is 0.296. The molecule has 0 saturated carbocycles. The Balaban J connectivity index is 3.61. The van der Waals surface area contributed by atoms with Gasteiger partial charge in [0.2, 0.25) is 5.78 Å². The van der Waals surface area contributed by atoms with Gasteiger partial charge in [0.15, 0.2) is 0 Å². The minimum Gasteiger partial charge on any atom is -0.463 e. The minimum atomic E-state index is -0.731. The Morgan fingerprint density at radius 3 is 2.27 bits per heavy atom. The lowest BCUT2D eigenvalue weighted by atomic mass is 10.1. The molecule has 11 heavy (non-hydrogen) atoms. The summed E-state index contributed by atoms with van der Waals surface area (Å²) < 4.78 is 4.26. The molecule has 0 aromatic carbocycles. The van der Waals surface area contributed by atoms with Gasteiger partial charge in [-0.2, -0.15) is 0 Å². The van der Waals surface area contributed by atoms with E-state index in [0.29, 0.717) is 12.3 Å². The molecule has 0 aliphatic carbocycles. The van der Waals surface area contributed by atoms with Crippen molar-refractivity contribution in [2.75, 3.05) is 7.11 Å². The third kappa shape index (κ3) is 4.53. The van der Waals surface area contributed by atoms with E-state index in [2.05, 4.69) is 4.74 Å². The summed E-state index contributed by atoms with van der Waals surface area (Å²) in [7, 11) is 1.22. The van der Waals surface area contributed by atoms with Crippen LogP contribution in [0, 0.1) is 5.92 Å². The van der Waals surface area contributed by atoms with E-state index in [0.717, 1.165) is 6.42 Å². The number of Topliss-reactive ketones (excluding diaryl/α,β-unsaturated/α-hetero) is 1. The van der Waals surface area contributed by atoms with Crippen molar-refractivity contribution in [3.8, 4) is 0 Å². The number of esters is 1. The zero-order valence-electron chi connectivity index (χ0n) is 7.22. The van der Waals surface area contributed by atoms with Gasteiger partial charge in [-0.15, -0.1) is 0 Å². The second-order valence-corrected chi connectivity index (χ2v) is 2.85. The molecule has 3 heteroatoms. The number of ketones is 1. The van der Waals surface area contributed by atoms with Gasteiger partial charge in [-0.1, -0.05) is 13.8 Å². The summed E-state index contributed by atoms with van der Waals surface area (Å²) in [5.74, 6) is -0.713. The molecule has 3 nitrogen and oxygen atoms in total. The first-order chi connectivity index (χ1) is 5.07. The van der Waals surface area contributed by atoms with Gasteiger partial charge in [-0.3, -0.25) is 4.79 Å². The lowest BCUT2D eigenvalue weighted by Crippen LogP contribution is -2.15. The third-order valence-corrected chi connectivity index (χ3v) is 1.36. The van der Waals surface area contributed by atoms with E-state index in [4.69, 9.17) is 0 Å². The maximum atomic E-state index is 10.8. The average Bonchev–Trinajstić information content (AvgIpc) is 1.98. The van der Waals surface area contributed by atoms with Gasteiger partial charge in [0.1, 0.15) is 0 Å². The van der Waals surface area contributed by atoms with Crippen LogP contribution in [-0.2, 0) is 14.3 Å². The van der Waals surface area contributed by atoms with Crippen molar-refractivity contribution < 1.29 is 14.3 Å². The summed E-state index contributed by atoms with van der Waals surface area (Å²) in [4.78, 5) is 21.4. The van der Waals surface area contributed by atoms with Crippen molar-refractivity contribution in [2.24, 2.45) is 5.92 Å². The van der Waals surface area contributed by atoms with E-state index in [1.807, 2.05) is 13.8 Å². The number of hydrogen-bond acceptors (Lipinski definition) is 3. The predicted octanol–water partition coefficient (Wildman–Crippen LogP) is 1.16. The Morgan fingerprint density at radius 2 is 1.91 bits per heavy atom.